The van der Waals surface area contributed by atoms with Crippen LogP contribution in [-0.4, -0.2) is 27.9 Å². The zero-order chi connectivity index (χ0) is 12.8. The molecule has 0 saturated heterocycles. The fraction of sp³-hybridized carbons (Fsp3) is 0.385. The van der Waals surface area contributed by atoms with Crippen molar-refractivity contribution in [3.63, 3.8) is 0 Å². The van der Waals surface area contributed by atoms with Gasteiger partial charge in [-0.25, -0.2) is 9.67 Å². The minimum absolute atomic E-state index is 0.675. The normalized spacial score (nSPS) is 10.6. The van der Waals surface area contributed by atoms with Gasteiger partial charge in [0.2, 0.25) is 0 Å². The number of hydrogen-bond acceptors (Lipinski definition) is 4. The maximum Gasteiger partial charge on any atom is 0.146 e. The van der Waals surface area contributed by atoms with Crippen molar-refractivity contribution in [2.75, 3.05) is 13.2 Å². The van der Waals surface area contributed by atoms with E-state index in [9.17, 15) is 0 Å². The predicted octanol–water partition coefficient (Wildman–Crippen LogP) is 1.78. The van der Waals surface area contributed by atoms with Crippen molar-refractivity contribution in [3.8, 4) is 11.4 Å². The zero-order valence-corrected chi connectivity index (χ0v) is 10.8. The number of benzene rings is 1. The van der Waals surface area contributed by atoms with Crippen LogP contribution in [-0.2, 0) is 6.54 Å². The van der Waals surface area contributed by atoms with Crippen LogP contribution in [0.3, 0.4) is 0 Å². The third-order valence-corrected chi connectivity index (χ3v) is 2.54. The van der Waals surface area contributed by atoms with E-state index in [-0.39, 0.29) is 0 Å². The van der Waals surface area contributed by atoms with Gasteiger partial charge in [-0.05, 0) is 37.7 Å². The largest absolute Gasteiger partial charge is 0.494 e. The van der Waals surface area contributed by atoms with Crippen LogP contribution in [0.1, 0.15) is 19.7 Å². The van der Waals surface area contributed by atoms with E-state index in [1.165, 1.54) is 0 Å². The highest BCUT2D eigenvalue weighted by Gasteiger charge is 2.05. The Balaban J connectivity index is 2.17. The van der Waals surface area contributed by atoms with Gasteiger partial charge in [-0.3, -0.25) is 0 Å². The second-order valence-corrected chi connectivity index (χ2v) is 3.80. The summed E-state index contributed by atoms with van der Waals surface area (Å²) in [4.78, 5) is 4.25. The Kier molecular flexibility index (Phi) is 4.30. The second kappa shape index (κ2) is 6.16. The van der Waals surface area contributed by atoms with Gasteiger partial charge < -0.3 is 10.1 Å². The first-order valence-corrected chi connectivity index (χ1v) is 6.18. The number of nitrogens with zero attached hydrogens (tertiary/aromatic N) is 3. The first-order valence-electron chi connectivity index (χ1n) is 6.18. The van der Waals surface area contributed by atoms with Crippen LogP contribution < -0.4 is 10.1 Å². The van der Waals surface area contributed by atoms with Crippen molar-refractivity contribution < 1.29 is 4.74 Å². The van der Waals surface area contributed by atoms with Crippen LogP contribution in [0, 0.1) is 0 Å². The molecule has 96 valence electrons. The number of hydrogen-bond donors (Lipinski definition) is 1. The summed E-state index contributed by atoms with van der Waals surface area (Å²) in [6.45, 7) is 6.34. The molecule has 0 radical (unpaired) electrons. The Morgan fingerprint density at radius 1 is 1.22 bits per heavy atom. The Bertz CT molecular complexity index is 478. The van der Waals surface area contributed by atoms with E-state index >= 15 is 0 Å². The maximum atomic E-state index is 5.42. The highest BCUT2D eigenvalue weighted by molar-refractivity contribution is 5.37. The molecule has 0 unspecified atom stereocenters. The minimum atomic E-state index is 0.675. The molecule has 2 aromatic rings. The van der Waals surface area contributed by atoms with Gasteiger partial charge in [-0.15, -0.1) is 0 Å². The van der Waals surface area contributed by atoms with Gasteiger partial charge in [-0.2, -0.15) is 5.10 Å². The van der Waals surface area contributed by atoms with Crippen molar-refractivity contribution in [2.24, 2.45) is 0 Å². The van der Waals surface area contributed by atoms with E-state index in [4.69, 9.17) is 4.74 Å². The third kappa shape index (κ3) is 2.87. The standard InChI is InChI=1S/C13H18N4O/c1-3-14-9-13-15-10-16-17(13)11-5-7-12(8-6-11)18-4-2/h5-8,10,14H,3-4,9H2,1-2H3. The minimum Gasteiger partial charge on any atom is -0.494 e. The third-order valence-electron chi connectivity index (χ3n) is 2.54. The highest BCUT2D eigenvalue weighted by Crippen LogP contribution is 2.15. The molecule has 0 aliphatic rings. The summed E-state index contributed by atoms with van der Waals surface area (Å²) < 4.78 is 7.25. The van der Waals surface area contributed by atoms with E-state index < -0.39 is 0 Å². The van der Waals surface area contributed by atoms with Gasteiger partial charge >= 0.3 is 0 Å². The highest BCUT2D eigenvalue weighted by atomic mass is 16.5. The van der Waals surface area contributed by atoms with Gasteiger partial charge in [0.1, 0.15) is 17.9 Å². The van der Waals surface area contributed by atoms with Crippen molar-refractivity contribution in [2.45, 2.75) is 20.4 Å². The average Bonchev–Trinajstić information content (AvgIpc) is 2.86. The Hall–Kier alpha value is -1.88. The molecule has 0 spiro atoms. The lowest BCUT2D eigenvalue weighted by molar-refractivity contribution is 0.340. The van der Waals surface area contributed by atoms with Crippen LogP contribution in [0.5, 0.6) is 5.75 Å². The van der Waals surface area contributed by atoms with Crippen molar-refractivity contribution in [1.82, 2.24) is 20.1 Å². The number of rotatable bonds is 6. The first kappa shape index (κ1) is 12.6. The lowest BCUT2D eigenvalue weighted by Gasteiger charge is -2.07. The summed E-state index contributed by atoms with van der Waals surface area (Å²) >= 11 is 0. The quantitative estimate of drug-likeness (QED) is 0.844. The fourth-order valence-corrected chi connectivity index (χ4v) is 1.69. The van der Waals surface area contributed by atoms with E-state index in [1.807, 2.05) is 35.9 Å². The molecule has 1 aromatic carbocycles. The monoisotopic (exact) mass is 246 g/mol. The van der Waals surface area contributed by atoms with Gasteiger partial charge in [0.25, 0.3) is 0 Å². The predicted molar refractivity (Wildman–Crippen MR) is 69.9 cm³/mol. The Morgan fingerprint density at radius 2 is 2.00 bits per heavy atom. The van der Waals surface area contributed by atoms with Crippen LogP contribution >= 0.6 is 0 Å². The van der Waals surface area contributed by atoms with Gasteiger partial charge in [0.15, 0.2) is 0 Å². The molecule has 5 heteroatoms. The second-order valence-electron chi connectivity index (χ2n) is 3.80. The lowest BCUT2D eigenvalue weighted by atomic mass is 10.3. The fourth-order valence-electron chi connectivity index (χ4n) is 1.69. The summed E-state index contributed by atoms with van der Waals surface area (Å²) in [7, 11) is 0. The molecule has 0 aliphatic carbocycles. The molecule has 0 amide bonds. The van der Waals surface area contributed by atoms with Crippen molar-refractivity contribution in [3.05, 3.63) is 36.4 Å². The molecule has 0 atom stereocenters. The topological polar surface area (TPSA) is 52.0 Å². The van der Waals surface area contributed by atoms with Crippen molar-refractivity contribution in [1.29, 1.82) is 0 Å². The molecule has 1 aromatic heterocycles. The van der Waals surface area contributed by atoms with Crippen LogP contribution in [0.25, 0.3) is 5.69 Å². The molecule has 0 bridgehead atoms. The first-order chi connectivity index (χ1) is 8.85. The lowest BCUT2D eigenvalue weighted by Crippen LogP contribution is -2.16. The summed E-state index contributed by atoms with van der Waals surface area (Å²) in [6.07, 6.45) is 1.57. The van der Waals surface area contributed by atoms with E-state index in [0.29, 0.717) is 13.2 Å². The summed E-state index contributed by atoms with van der Waals surface area (Å²) in [5.74, 6) is 1.77. The molecule has 2 rings (SSSR count). The summed E-state index contributed by atoms with van der Waals surface area (Å²) in [5, 5.41) is 7.48. The average molecular weight is 246 g/mol. The van der Waals surface area contributed by atoms with Crippen LogP contribution in [0.4, 0.5) is 0 Å². The molecule has 1 heterocycles. The summed E-state index contributed by atoms with van der Waals surface area (Å²) in [6, 6.07) is 7.85. The molecule has 0 saturated carbocycles. The SMILES string of the molecule is CCNCc1ncnn1-c1ccc(OCC)cc1. The number of aromatic nitrogens is 3. The molecule has 5 nitrogen and oxygen atoms in total. The van der Waals surface area contributed by atoms with Gasteiger partial charge in [0, 0.05) is 0 Å². The maximum absolute atomic E-state index is 5.42. The van der Waals surface area contributed by atoms with Crippen molar-refractivity contribution >= 4 is 0 Å². The Morgan fingerprint density at radius 3 is 2.67 bits per heavy atom. The molecule has 18 heavy (non-hydrogen) atoms. The Labute approximate surface area is 107 Å². The smallest absolute Gasteiger partial charge is 0.146 e. The molecule has 0 aliphatic heterocycles. The van der Waals surface area contributed by atoms with Gasteiger partial charge in [0.05, 0.1) is 18.8 Å². The van der Waals surface area contributed by atoms with Gasteiger partial charge in [-0.1, -0.05) is 6.92 Å². The van der Waals surface area contributed by atoms with E-state index in [0.717, 1.165) is 23.8 Å². The summed E-state index contributed by atoms with van der Waals surface area (Å²) in [5.41, 5.74) is 0.990. The molecular weight excluding hydrogens is 228 g/mol. The van der Waals surface area contributed by atoms with Crippen LogP contribution in [0.15, 0.2) is 30.6 Å². The molecule has 1 N–H and O–H groups in total. The number of ether oxygens (including phenoxy) is 1. The van der Waals surface area contributed by atoms with E-state index in [1.54, 1.807) is 6.33 Å². The van der Waals surface area contributed by atoms with Crippen LogP contribution in [0.2, 0.25) is 0 Å². The molecule has 0 fully saturated rings. The molecular formula is C13H18N4O. The number of nitrogens with one attached hydrogen (secondary N) is 1. The van der Waals surface area contributed by atoms with E-state index in [2.05, 4.69) is 22.3 Å². The zero-order valence-electron chi connectivity index (χ0n) is 10.8.